The predicted octanol–water partition coefficient (Wildman–Crippen LogP) is 3.72. The minimum atomic E-state index is -3.75. The summed E-state index contributed by atoms with van der Waals surface area (Å²) in [5.41, 5.74) is 0.919. The molecule has 4 nitrogen and oxygen atoms in total. The van der Waals surface area contributed by atoms with Crippen LogP contribution in [-0.4, -0.2) is 22.1 Å². The van der Waals surface area contributed by atoms with E-state index in [1.807, 2.05) is 16.8 Å². The highest BCUT2D eigenvalue weighted by molar-refractivity contribution is 7.89. The summed E-state index contributed by atoms with van der Waals surface area (Å²) in [7, 11) is -2.22. The standard InChI is InChI=1S/C13H13Cl2NO3S2/c1-19-12(9-4-5-20-8-9)7-16-21(17,18)13-6-10(14)2-3-11(13)15/h2-6,8,12,16H,7H2,1H3/t12-/m0/s1. The molecule has 0 amide bonds. The van der Waals surface area contributed by atoms with Crippen LogP contribution in [0.5, 0.6) is 0 Å². The van der Waals surface area contributed by atoms with Crippen LogP contribution in [0, 0.1) is 0 Å². The van der Waals surface area contributed by atoms with Crippen LogP contribution in [0.1, 0.15) is 11.7 Å². The fourth-order valence-electron chi connectivity index (χ4n) is 1.74. The van der Waals surface area contributed by atoms with Gasteiger partial charge in [-0.05, 0) is 40.6 Å². The van der Waals surface area contributed by atoms with Crippen LogP contribution in [0.15, 0.2) is 39.9 Å². The average Bonchev–Trinajstić information content (AvgIpc) is 2.96. The first-order valence-electron chi connectivity index (χ1n) is 5.93. The average molecular weight is 366 g/mol. The number of benzene rings is 1. The molecule has 114 valence electrons. The zero-order chi connectivity index (χ0) is 15.5. The molecule has 0 fully saturated rings. The Morgan fingerprint density at radius 3 is 2.71 bits per heavy atom. The van der Waals surface area contributed by atoms with Gasteiger partial charge in [0.15, 0.2) is 0 Å². The number of methoxy groups -OCH3 is 1. The quantitative estimate of drug-likeness (QED) is 0.848. The van der Waals surface area contributed by atoms with Crippen molar-refractivity contribution in [3.05, 3.63) is 50.6 Å². The Morgan fingerprint density at radius 1 is 1.33 bits per heavy atom. The van der Waals surface area contributed by atoms with Crippen molar-refractivity contribution in [1.29, 1.82) is 0 Å². The fourth-order valence-corrected chi connectivity index (χ4v) is 4.24. The van der Waals surface area contributed by atoms with Gasteiger partial charge in [-0.25, -0.2) is 13.1 Å². The molecule has 0 radical (unpaired) electrons. The Hall–Kier alpha value is -0.630. The second-order valence-electron chi connectivity index (χ2n) is 4.21. The van der Waals surface area contributed by atoms with Gasteiger partial charge < -0.3 is 4.74 Å². The van der Waals surface area contributed by atoms with E-state index in [9.17, 15) is 8.42 Å². The Kier molecular flexibility index (Phi) is 5.65. The summed E-state index contributed by atoms with van der Waals surface area (Å²) in [6, 6.07) is 6.19. The van der Waals surface area contributed by atoms with Crippen LogP contribution in [0.25, 0.3) is 0 Å². The van der Waals surface area contributed by atoms with Crippen molar-refractivity contribution in [3.63, 3.8) is 0 Å². The van der Waals surface area contributed by atoms with Gasteiger partial charge in [-0.15, -0.1) is 0 Å². The van der Waals surface area contributed by atoms with E-state index in [2.05, 4.69) is 4.72 Å². The normalized spacial score (nSPS) is 13.3. The van der Waals surface area contributed by atoms with Crippen molar-refractivity contribution in [1.82, 2.24) is 4.72 Å². The Bertz CT molecular complexity index is 702. The highest BCUT2D eigenvalue weighted by Gasteiger charge is 2.21. The molecule has 0 aliphatic rings. The molecule has 0 spiro atoms. The van der Waals surface area contributed by atoms with Crippen LogP contribution in [0.4, 0.5) is 0 Å². The molecule has 0 unspecified atom stereocenters. The van der Waals surface area contributed by atoms with Crippen LogP contribution < -0.4 is 4.72 Å². The largest absolute Gasteiger partial charge is 0.375 e. The number of hydrogen-bond acceptors (Lipinski definition) is 4. The SMILES string of the molecule is CO[C@@H](CNS(=O)(=O)c1cc(Cl)ccc1Cl)c1ccsc1. The third kappa shape index (κ3) is 4.18. The lowest BCUT2D eigenvalue weighted by Crippen LogP contribution is -2.29. The lowest BCUT2D eigenvalue weighted by molar-refractivity contribution is 0.107. The molecule has 0 saturated carbocycles. The summed E-state index contributed by atoms with van der Waals surface area (Å²) < 4.78 is 32.4. The van der Waals surface area contributed by atoms with Gasteiger partial charge in [0.05, 0.1) is 11.1 Å². The van der Waals surface area contributed by atoms with Gasteiger partial charge in [0.2, 0.25) is 10.0 Å². The number of ether oxygens (including phenoxy) is 1. The van der Waals surface area contributed by atoms with E-state index in [1.54, 1.807) is 0 Å². The van der Waals surface area contributed by atoms with Crippen molar-refractivity contribution < 1.29 is 13.2 Å². The smallest absolute Gasteiger partial charge is 0.242 e. The molecule has 1 atom stereocenters. The second kappa shape index (κ2) is 7.09. The first kappa shape index (κ1) is 16.7. The molecule has 2 rings (SSSR count). The molecule has 1 heterocycles. The molecule has 0 aliphatic carbocycles. The van der Waals surface area contributed by atoms with E-state index in [0.717, 1.165) is 5.56 Å². The van der Waals surface area contributed by atoms with Crippen LogP contribution in [0.2, 0.25) is 10.0 Å². The summed E-state index contributed by atoms with van der Waals surface area (Å²) in [6.45, 7) is 0.110. The molecule has 0 bridgehead atoms. The number of thiophene rings is 1. The molecule has 1 aromatic heterocycles. The Labute approximate surface area is 137 Å². The maximum atomic E-state index is 12.3. The van der Waals surface area contributed by atoms with Crippen molar-refractivity contribution in [3.8, 4) is 0 Å². The van der Waals surface area contributed by atoms with Gasteiger partial charge >= 0.3 is 0 Å². The Morgan fingerprint density at radius 2 is 2.10 bits per heavy atom. The third-order valence-corrected chi connectivity index (χ3v) is 5.68. The molecule has 2 aromatic rings. The van der Waals surface area contributed by atoms with Gasteiger partial charge in [0.1, 0.15) is 4.90 Å². The first-order valence-corrected chi connectivity index (χ1v) is 9.12. The number of rotatable bonds is 6. The number of sulfonamides is 1. The summed E-state index contributed by atoms with van der Waals surface area (Å²) in [6.07, 6.45) is -0.357. The fraction of sp³-hybridized carbons (Fsp3) is 0.231. The minimum Gasteiger partial charge on any atom is -0.375 e. The van der Waals surface area contributed by atoms with Crippen molar-refractivity contribution >= 4 is 44.6 Å². The van der Waals surface area contributed by atoms with E-state index in [-0.39, 0.29) is 22.6 Å². The number of halogens is 2. The molecule has 21 heavy (non-hydrogen) atoms. The van der Waals surface area contributed by atoms with E-state index < -0.39 is 10.0 Å². The third-order valence-electron chi connectivity index (χ3n) is 2.84. The maximum Gasteiger partial charge on any atom is 0.242 e. The summed E-state index contributed by atoms with van der Waals surface area (Å²) >= 11 is 13.3. The van der Waals surface area contributed by atoms with E-state index in [4.69, 9.17) is 27.9 Å². The highest BCUT2D eigenvalue weighted by Crippen LogP contribution is 2.25. The monoisotopic (exact) mass is 365 g/mol. The van der Waals surface area contributed by atoms with Gasteiger partial charge in [-0.3, -0.25) is 0 Å². The Balaban J connectivity index is 2.16. The molecule has 0 aliphatic heterocycles. The van der Waals surface area contributed by atoms with E-state index >= 15 is 0 Å². The van der Waals surface area contributed by atoms with E-state index in [0.29, 0.717) is 5.02 Å². The lowest BCUT2D eigenvalue weighted by Gasteiger charge is -2.15. The molecule has 1 N–H and O–H groups in total. The minimum absolute atomic E-state index is 0.0446. The lowest BCUT2D eigenvalue weighted by atomic mass is 10.2. The van der Waals surface area contributed by atoms with Gasteiger partial charge in [0.25, 0.3) is 0 Å². The van der Waals surface area contributed by atoms with Gasteiger partial charge in [0, 0.05) is 18.7 Å². The zero-order valence-electron chi connectivity index (χ0n) is 11.0. The topological polar surface area (TPSA) is 55.4 Å². The summed E-state index contributed by atoms with van der Waals surface area (Å²) in [4.78, 5) is -0.0446. The van der Waals surface area contributed by atoms with Crippen molar-refractivity contribution in [2.24, 2.45) is 0 Å². The van der Waals surface area contributed by atoms with Crippen LogP contribution >= 0.6 is 34.5 Å². The second-order valence-corrected chi connectivity index (χ2v) is 7.57. The molecule has 1 aromatic carbocycles. The number of hydrogen-bond donors (Lipinski definition) is 1. The first-order chi connectivity index (χ1) is 9.94. The van der Waals surface area contributed by atoms with Crippen LogP contribution in [-0.2, 0) is 14.8 Å². The van der Waals surface area contributed by atoms with E-state index in [1.165, 1.54) is 36.6 Å². The maximum absolute atomic E-state index is 12.3. The van der Waals surface area contributed by atoms with Crippen molar-refractivity contribution in [2.75, 3.05) is 13.7 Å². The molecule has 8 heteroatoms. The summed E-state index contributed by atoms with van der Waals surface area (Å²) in [5, 5.41) is 4.25. The zero-order valence-corrected chi connectivity index (χ0v) is 14.2. The van der Waals surface area contributed by atoms with Crippen molar-refractivity contribution in [2.45, 2.75) is 11.0 Å². The predicted molar refractivity (Wildman–Crippen MR) is 85.7 cm³/mol. The van der Waals surface area contributed by atoms with Gasteiger partial charge in [-0.1, -0.05) is 23.2 Å². The summed E-state index contributed by atoms with van der Waals surface area (Å²) in [5.74, 6) is 0. The number of nitrogens with one attached hydrogen (secondary N) is 1. The highest BCUT2D eigenvalue weighted by atomic mass is 35.5. The molecular weight excluding hydrogens is 353 g/mol. The van der Waals surface area contributed by atoms with Crippen LogP contribution in [0.3, 0.4) is 0 Å². The molecular formula is C13H13Cl2NO3S2. The van der Waals surface area contributed by atoms with Gasteiger partial charge in [-0.2, -0.15) is 11.3 Å². The molecule has 0 saturated heterocycles.